The monoisotopic (exact) mass is 249 g/mol. The van der Waals surface area contributed by atoms with Crippen LogP contribution in [0.25, 0.3) is 0 Å². The van der Waals surface area contributed by atoms with Crippen molar-refractivity contribution in [2.45, 2.75) is 33.9 Å². The molecule has 1 N–H and O–H groups in total. The van der Waals surface area contributed by atoms with Crippen LogP contribution in [0.4, 0.5) is 0 Å². The van der Waals surface area contributed by atoms with Gasteiger partial charge in [0.1, 0.15) is 0 Å². The predicted octanol–water partition coefficient (Wildman–Crippen LogP) is 2.72. The fourth-order valence-electron chi connectivity index (χ4n) is 1.95. The van der Waals surface area contributed by atoms with E-state index in [2.05, 4.69) is 52.7 Å². The molecule has 0 bridgehead atoms. The zero-order valence-corrected chi connectivity index (χ0v) is 11.5. The molecule has 0 atom stereocenters. The van der Waals surface area contributed by atoms with Crippen LogP contribution in [0.5, 0.6) is 0 Å². The van der Waals surface area contributed by atoms with Gasteiger partial charge >= 0.3 is 0 Å². The van der Waals surface area contributed by atoms with Gasteiger partial charge in [0.2, 0.25) is 0 Å². The summed E-state index contributed by atoms with van der Waals surface area (Å²) in [4.78, 5) is 0. The number of rotatable bonds is 5. The Morgan fingerprint density at radius 1 is 1.41 bits per heavy atom. The van der Waals surface area contributed by atoms with E-state index in [4.69, 9.17) is 0 Å². The lowest BCUT2D eigenvalue weighted by molar-refractivity contribution is 0.656. The van der Waals surface area contributed by atoms with Crippen molar-refractivity contribution in [1.29, 1.82) is 0 Å². The number of thiophene rings is 1. The van der Waals surface area contributed by atoms with E-state index in [-0.39, 0.29) is 0 Å². The van der Waals surface area contributed by atoms with E-state index >= 15 is 0 Å². The van der Waals surface area contributed by atoms with E-state index in [1.807, 2.05) is 0 Å². The summed E-state index contributed by atoms with van der Waals surface area (Å²) in [7, 11) is 0. The first-order valence-corrected chi connectivity index (χ1v) is 6.91. The van der Waals surface area contributed by atoms with Crippen molar-refractivity contribution in [3.8, 4) is 0 Å². The molecule has 0 unspecified atom stereocenters. The molecule has 0 saturated heterocycles. The number of nitrogens with one attached hydrogen (secondary N) is 1. The zero-order valence-electron chi connectivity index (χ0n) is 10.7. The maximum atomic E-state index is 4.62. The number of aryl methyl sites for hydroxylation is 1. The summed E-state index contributed by atoms with van der Waals surface area (Å²) in [5.74, 6) is 0. The van der Waals surface area contributed by atoms with Crippen molar-refractivity contribution in [1.82, 2.24) is 15.1 Å². The van der Waals surface area contributed by atoms with E-state index in [9.17, 15) is 0 Å². The summed E-state index contributed by atoms with van der Waals surface area (Å²) in [6.45, 7) is 9.15. The molecule has 0 amide bonds. The van der Waals surface area contributed by atoms with Crippen LogP contribution in [-0.4, -0.2) is 16.3 Å². The Kier molecular flexibility index (Phi) is 3.97. The third-order valence-electron chi connectivity index (χ3n) is 3.00. The topological polar surface area (TPSA) is 29.9 Å². The van der Waals surface area contributed by atoms with E-state index in [1.54, 1.807) is 11.3 Å². The average molecular weight is 249 g/mol. The molecule has 0 saturated carbocycles. The van der Waals surface area contributed by atoms with Gasteiger partial charge in [-0.15, -0.1) is 0 Å². The Hall–Kier alpha value is -1.13. The first-order valence-electron chi connectivity index (χ1n) is 5.97. The summed E-state index contributed by atoms with van der Waals surface area (Å²) in [6.07, 6.45) is 0. The highest BCUT2D eigenvalue weighted by atomic mass is 32.1. The molecular weight excluding hydrogens is 230 g/mol. The van der Waals surface area contributed by atoms with Crippen LogP contribution >= 0.6 is 11.3 Å². The minimum atomic E-state index is 0.877. The highest BCUT2D eigenvalue weighted by molar-refractivity contribution is 7.07. The minimum Gasteiger partial charge on any atom is -0.313 e. The Labute approximate surface area is 106 Å². The summed E-state index contributed by atoms with van der Waals surface area (Å²) < 4.78 is 2.10. The minimum absolute atomic E-state index is 0.877. The van der Waals surface area contributed by atoms with Gasteiger partial charge in [-0.05, 0) is 42.8 Å². The molecule has 4 heteroatoms. The molecule has 0 fully saturated rings. The van der Waals surface area contributed by atoms with Crippen molar-refractivity contribution >= 4 is 11.3 Å². The SMILES string of the molecule is CCNCc1c(C)nn(Cc2ccsc2)c1C. The van der Waals surface area contributed by atoms with Gasteiger partial charge in [0.05, 0.1) is 12.2 Å². The molecule has 2 aromatic rings. The molecule has 2 heterocycles. The maximum absolute atomic E-state index is 4.62. The van der Waals surface area contributed by atoms with E-state index in [0.717, 1.165) is 25.3 Å². The average Bonchev–Trinajstić information content (AvgIpc) is 2.89. The normalized spacial score (nSPS) is 11.0. The summed E-state index contributed by atoms with van der Waals surface area (Å²) in [6, 6.07) is 2.16. The van der Waals surface area contributed by atoms with E-state index in [1.165, 1.54) is 16.8 Å². The fraction of sp³-hybridized carbons (Fsp3) is 0.462. The van der Waals surface area contributed by atoms with Crippen molar-refractivity contribution in [3.63, 3.8) is 0 Å². The van der Waals surface area contributed by atoms with Crippen LogP contribution in [0.15, 0.2) is 16.8 Å². The smallest absolute Gasteiger partial charge is 0.0670 e. The van der Waals surface area contributed by atoms with Crippen LogP contribution in [0.3, 0.4) is 0 Å². The maximum Gasteiger partial charge on any atom is 0.0670 e. The van der Waals surface area contributed by atoms with Gasteiger partial charge in [-0.25, -0.2) is 0 Å². The number of hydrogen-bond donors (Lipinski definition) is 1. The quantitative estimate of drug-likeness (QED) is 0.883. The third kappa shape index (κ3) is 2.76. The molecule has 0 aliphatic heterocycles. The lowest BCUT2D eigenvalue weighted by Gasteiger charge is -2.04. The summed E-state index contributed by atoms with van der Waals surface area (Å²) in [5.41, 5.74) is 5.08. The molecule has 92 valence electrons. The first kappa shape index (κ1) is 12.3. The van der Waals surface area contributed by atoms with E-state index in [0.29, 0.717) is 0 Å². The van der Waals surface area contributed by atoms with Gasteiger partial charge in [-0.3, -0.25) is 4.68 Å². The Morgan fingerprint density at radius 3 is 2.88 bits per heavy atom. The van der Waals surface area contributed by atoms with Gasteiger partial charge < -0.3 is 5.32 Å². The fourth-order valence-corrected chi connectivity index (χ4v) is 2.61. The van der Waals surface area contributed by atoms with Crippen LogP contribution in [-0.2, 0) is 13.1 Å². The summed E-state index contributed by atoms with van der Waals surface area (Å²) in [5, 5.41) is 12.3. The molecule has 0 spiro atoms. The van der Waals surface area contributed by atoms with Crippen molar-refractivity contribution < 1.29 is 0 Å². The van der Waals surface area contributed by atoms with Crippen LogP contribution < -0.4 is 5.32 Å². The van der Waals surface area contributed by atoms with E-state index < -0.39 is 0 Å². The lowest BCUT2D eigenvalue weighted by atomic mass is 10.2. The lowest BCUT2D eigenvalue weighted by Crippen LogP contribution is -2.13. The van der Waals surface area contributed by atoms with Crippen LogP contribution in [0, 0.1) is 13.8 Å². The molecule has 0 aromatic carbocycles. The van der Waals surface area contributed by atoms with Gasteiger partial charge in [0.25, 0.3) is 0 Å². The second kappa shape index (κ2) is 5.47. The molecule has 17 heavy (non-hydrogen) atoms. The largest absolute Gasteiger partial charge is 0.313 e. The zero-order chi connectivity index (χ0) is 12.3. The van der Waals surface area contributed by atoms with Gasteiger partial charge in [0.15, 0.2) is 0 Å². The van der Waals surface area contributed by atoms with Crippen molar-refractivity contribution in [3.05, 3.63) is 39.3 Å². The number of hydrogen-bond acceptors (Lipinski definition) is 3. The molecule has 2 rings (SSSR count). The summed E-state index contributed by atoms with van der Waals surface area (Å²) >= 11 is 1.74. The molecular formula is C13H19N3S. The Balaban J connectivity index is 2.18. The predicted molar refractivity (Wildman–Crippen MR) is 72.5 cm³/mol. The molecule has 0 aliphatic carbocycles. The highest BCUT2D eigenvalue weighted by Crippen LogP contribution is 2.15. The second-order valence-electron chi connectivity index (χ2n) is 4.22. The van der Waals surface area contributed by atoms with Gasteiger partial charge in [-0.1, -0.05) is 6.92 Å². The molecule has 3 nitrogen and oxygen atoms in total. The molecule has 2 aromatic heterocycles. The van der Waals surface area contributed by atoms with Crippen LogP contribution in [0.2, 0.25) is 0 Å². The van der Waals surface area contributed by atoms with Crippen molar-refractivity contribution in [2.24, 2.45) is 0 Å². The van der Waals surface area contributed by atoms with Gasteiger partial charge in [0, 0.05) is 17.8 Å². The highest BCUT2D eigenvalue weighted by Gasteiger charge is 2.10. The molecule has 0 aliphatic rings. The third-order valence-corrected chi connectivity index (χ3v) is 3.73. The van der Waals surface area contributed by atoms with Gasteiger partial charge in [-0.2, -0.15) is 16.4 Å². The first-order chi connectivity index (χ1) is 8.22. The van der Waals surface area contributed by atoms with Crippen molar-refractivity contribution in [2.75, 3.05) is 6.54 Å². The van der Waals surface area contributed by atoms with Crippen LogP contribution in [0.1, 0.15) is 29.4 Å². The Bertz CT molecular complexity index is 471. The standard InChI is InChI=1S/C13H19N3S/c1-4-14-7-13-10(2)15-16(11(13)3)8-12-5-6-17-9-12/h5-6,9,14H,4,7-8H2,1-3H3. The Morgan fingerprint density at radius 2 is 2.24 bits per heavy atom. The number of nitrogens with zero attached hydrogens (tertiary/aromatic N) is 2. The number of aromatic nitrogens is 2. The molecule has 0 radical (unpaired) electrons. The second-order valence-corrected chi connectivity index (χ2v) is 5.00.